The third-order valence-electron chi connectivity index (χ3n) is 12.0. The molecule has 7 rings (SSSR count). The van der Waals surface area contributed by atoms with Crippen LogP contribution in [0.25, 0.3) is 33.6 Å². The number of primary amides is 1. The van der Waals surface area contributed by atoms with E-state index in [1.165, 1.54) is 7.11 Å². The monoisotopic (exact) mass is 764 g/mol. The Bertz CT molecular complexity index is 2030. The molecule has 296 valence electrons. The summed E-state index contributed by atoms with van der Waals surface area (Å²) in [4.78, 5) is 70.6. The number of benzene rings is 2. The van der Waals surface area contributed by atoms with Gasteiger partial charge in [0.2, 0.25) is 5.91 Å². The van der Waals surface area contributed by atoms with Crippen LogP contribution in [0, 0.1) is 11.8 Å². The number of ether oxygens (including phenoxy) is 2. The van der Waals surface area contributed by atoms with Crippen LogP contribution in [0.3, 0.4) is 0 Å². The lowest BCUT2D eigenvalue weighted by atomic mass is 9.85. The Morgan fingerprint density at radius 2 is 1.25 bits per heavy atom. The first-order valence-electron chi connectivity index (χ1n) is 19.7. The second-order valence-corrected chi connectivity index (χ2v) is 15.7. The van der Waals surface area contributed by atoms with Gasteiger partial charge in [0.05, 0.1) is 43.0 Å². The maximum absolute atomic E-state index is 13.7. The molecule has 2 aliphatic heterocycles. The highest BCUT2D eigenvalue weighted by atomic mass is 16.6. The minimum absolute atomic E-state index is 0.0433. The number of aromatic amines is 2. The molecule has 3 fully saturated rings. The number of hydrogen-bond donors (Lipinski definition) is 4. The van der Waals surface area contributed by atoms with Crippen LogP contribution in [-0.2, 0) is 19.1 Å². The molecule has 3 atom stereocenters. The van der Waals surface area contributed by atoms with Crippen molar-refractivity contribution in [1.82, 2.24) is 35.1 Å². The zero-order valence-electron chi connectivity index (χ0n) is 32.5. The standard InChI is InChI=1S/C42H52N8O6/c1-25(2)42(3,56-40(43)53)39(52)50-22-6-8-35(50)37-45-24-33(48-37)29-15-11-27(12-16-29)26-9-13-28(14-10-26)32-23-44-36(47-32)34-7-5-21-49(34)38(51)30-17-19-31(20-18-30)46-41(54)55-4/h9-16,23-25,30-31,34-35H,5-8,17-22H2,1-4H3,(H2,43,53)(H,44,47)(H,45,48)(H,46,54)/t30-,31-,34-,35-,42-/m0/s1. The Labute approximate surface area is 326 Å². The third kappa shape index (κ3) is 7.87. The number of methoxy groups -OCH3 is 1. The van der Waals surface area contributed by atoms with Gasteiger partial charge in [-0.2, -0.15) is 0 Å². The van der Waals surface area contributed by atoms with Crippen molar-refractivity contribution in [2.45, 2.75) is 95.9 Å². The molecule has 2 aromatic heterocycles. The van der Waals surface area contributed by atoms with Crippen molar-refractivity contribution in [1.29, 1.82) is 0 Å². The van der Waals surface area contributed by atoms with E-state index in [-0.39, 0.29) is 41.8 Å². The zero-order valence-corrected chi connectivity index (χ0v) is 32.5. The number of nitrogens with zero attached hydrogens (tertiary/aromatic N) is 4. The Morgan fingerprint density at radius 3 is 1.73 bits per heavy atom. The molecule has 0 spiro atoms. The predicted molar refractivity (Wildman–Crippen MR) is 210 cm³/mol. The molecule has 14 heteroatoms. The summed E-state index contributed by atoms with van der Waals surface area (Å²) >= 11 is 0. The smallest absolute Gasteiger partial charge is 0.407 e. The molecule has 1 saturated carbocycles. The van der Waals surface area contributed by atoms with Crippen LogP contribution in [0.4, 0.5) is 9.59 Å². The number of likely N-dealkylation sites (tertiary alicyclic amines) is 2. The molecule has 4 amide bonds. The quantitative estimate of drug-likeness (QED) is 0.134. The molecule has 2 saturated heterocycles. The molecule has 0 unspecified atom stereocenters. The van der Waals surface area contributed by atoms with E-state index < -0.39 is 17.8 Å². The highest BCUT2D eigenvalue weighted by Crippen LogP contribution is 2.38. The van der Waals surface area contributed by atoms with Crippen molar-refractivity contribution in [3.05, 3.63) is 72.6 Å². The van der Waals surface area contributed by atoms with Gasteiger partial charge in [0.25, 0.3) is 5.91 Å². The summed E-state index contributed by atoms with van der Waals surface area (Å²) in [6.07, 6.45) is 8.65. The number of amides is 4. The number of alkyl carbamates (subject to hydrolysis) is 1. The maximum atomic E-state index is 13.7. The van der Waals surface area contributed by atoms with Crippen molar-refractivity contribution in [3.63, 3.8) is 0 Å². The normalized spacial score (nSPS) is 22.2. The van der Waals surface area contributed by atoms with Gasteiger partial charge in [-0.3, -0.25) is 9.59 Å². The molecule has 14 nitrogen and oxygen atoms in total. The van der Waals surface area contributed by atoms with Gasteiger partial charge in [0.1, 0.15) is 11.6 Å². The van der Waals surface area contributed by atoms with Gasteiger partial charge in [-0.05, 0) is 80.5 Å². The van der Waals surface area contributed by atoms with E-state index in [0.29, 0.717) is 12.4 Å². The molecule has 3 aliphatic rings. The molecule has 4 aromatic rings. The van der Waals surface area contributed by atoms with Crippen molar-refractivity contribution < 1.29 is 28.7 Å². The largest absolute Gasteiger partial charge is 0.453 e. The number of carbonyl (C=O) groups is 4. The average Bonchev–Trinajstić information content (AvgIpc) is 4.04. The van der Waals surface area contributed by atoms with Gasteiger partial charge in [-0.15, -0.1) is 0 Å². The highest BCUT2D eigenvalue weighted by molar-refractivity contribution is 5.88. The molecule has 4 heterocycles. The Morgan fingerprint density at radius 1 is 0.768 bits per heavy atom. The van der Waals surface area contributed by atoms with Crippen LogP contribution in [0.5, 0.6) is 0 Å². The summed E-state index contributed by atoms with van der Waals surface area (Å²) in [5, 5.41) is 2.87. The lowest BCUT2D eigenvalue weighted by Gasteiger charge is -2.36. The summed E-state index contributed by atoms with van der Waals surface area (Å²) in [5.41, 5.74) is 9.83. The van der Waals surface area contributed by atoms with Crippen LogP contribution >= 0.6 is 0 Å². The highest BCUT2D eigenvalue weighted by Gasteiger charge is 2.47. The molecule has 1 aliphatic carbocycles. The first-order chi connectivity index (χ1) is 26.9. The molecule has 0 bridgehead atoms. The van der Waals surface area contributed by atoms with Crippen molar-refractivity contribution in [2.75, 3.05) is 20.2 Å². The molecule has 0 radical (unpaired) electrons. The number of hydrogen-bond acceptors (Lipinski definition) is 8. The minimum atomic E-state index is -1.37. The number of H-pyrrole nitrogens is 2. The topological polar surface area (TPSA) is 189 Å². The minimum Gasteiger partial charge on any atom is -0.453 e. The summed E-state index contributed by atoms with van der Waals surface area (Å²) in [6, 6.07) is 16.3. The summed E-state index contributed by atoms with van der Waals surface area (Å²) in [5.74, 6) is 1.10. The molecule has 5 N–H and O–H groups in total. The average molecular weight is 765 g/mol. The number of nitrogens with two attached hydrogens (primary N) is 1. The number of aromatic nitrogens is 4. The van der Waals surface area contributed by atoms with Crippen molar-refractivity contribution in [2.24, 2.45) is 17.6 Å². The van der Waals surface area contributed by atoms with Crippen LogP contribution in [0.2, 0.25) is 0 Å². The van der Waals surface area contributed by atoms with E-state index in [1.54, 1.807) is 18.0 Å². The number of carbonyl (C=O) groups excluding carboxylic acids is 4. The Kier molecular flexibility index (Phi) is 11.2. The van der Waals surface area contributed by atoms with Crippen molar-refractivity contribution >= 4 is 24.0 Å². The van der Waals surface area contributed by atoms with Crippen LogP contribution in [0.1, 0.15) is 95.9 Å². The Hall–Kier alpha value is -5.66. The van der Waals surface area contributed by atoms with Gasteiger partial charge in [-0.25, -0.2) is 19.6 Å². The van der Waals surface area contributed by atoms with E-state index >= 15 is 0 Å². The van der Waals surface area contributed by atoms with Gasteiger partial charge in [0.15, 0.2) is 5.60 Å². The first kappa shape index (κ1) is 38.6. The van der Waals surface area contributed by atoms with E-state index in [0.717, 1.165) is 97.4 Å². The third-order valence-corrected chi connectivity index (χ3v) is 12.0. The predicted octanol–water partition coefficient (Wildman–Crippen LogP) is 6.89. The fraction of sp³-hybridized carbons (Fsp3) is 0.476. The summed E-state index contributed by atoms with van der Waals surface area (Å²) < 4.78 is 10.1. The second-order valence-electron chi connectivity index (χ2n) is 15.7. The molecule has 2 aromatic carbocycles. The van der Waals surface area contributed by atoms with Crippen molar-refractivity contribution in [3.8, 4) is 33.6 Å². The van der Waals surface area contributed by atoms with Crippen LogP contribution < -0.4 is 11.1 Å². The molecule has 56 heavy (non-hydrogen) atoms. The SMILES string of the molecule is COC(=O)N[C@H]1CC[C@H](C(=O)N2CCC[C@H]2c2ncc(-c3ccc(-c4ccc(-c5cnc([C@@H]6CCCN6C(=O)[C@@](C)(OC(N)=O)C(C)C)[nH]5)cc4)cc3)[nH]2)CC1. The van der Waals surface area contributed by atoms with Gasteiger partial charge in [-0.1, -0.05) is 62.4 Å². The van der Waals surface area contributed by atoms with Gasteiger partial charge in [0, 0.05) is 31.0 Å². The zero-order chi connectivity index (χ0) is 39.6. The van der Waals surface area contributed by atoms with Crippen LogP contribution in [-0.4, -0.2) is 85.6 Å². The molecular formula is C42H52N8O6. The van der Waals surface area contributed by atoms with Crippen LogP contribution in [0.15, 0.2) is 60.9 Å². The fourth-order valence-electron chi connectivity index (χ4n) is 8.45. The van der Waals surface area contributed by atoms with Gasteiger partial charge < -0.3 is 40.3 Å². The first-order valence-corrected chi connectivity index (χ1v) is 19.7. The lowest BCUT2D eigenvalue weighted by Crippen LogP contribution is -2.53. The number of rotatable bonds is 10. The van der Waals surface area contributed by atoms with E-state index in [9.17, 15) is 19.2 Å². The van der Waals surface area contributed by atoms with E-state index in [2.05, 4.69) is 68.8 Å². The van der Waals surface area contributed by atoms with E-state index in [4.69, 9.17) is 20.2 Å². The summed E-state index contributed by atoms with van der Waals surface area (Å²) in [6.45, 7) is 6.56. The maximum Gasteiger partial charge on any atom is 0.407 e. The summed E-state index contributed by atoms with van der Waals surface area (Å²) in [7, 11) is 1.36. The number of imidazole rings is 2. The Balaban J connectivity index is 0.974. The molecular weight excluding hydrogens is 713 g/mol. The van der Waals surface area contributed by atoms with Gasteiger partial charge >= 0.3 is 12.2 Å². The second kappa shape index (κ2) is 16.2. The lowest BCUT2D eigenvalue weighted by molar-refractivity contribution is -0.155. The van der Waals surface area contributed by atoms with E-state index in [1.807, 2.05) is 24.9 Å². The number of nitrogens with one attached hydrogen (secondary N) is 3. The fourth-order valence-corrected chi connectivity index (χ4v) is 8.45.